The average molecular weight is 185 g/mol. The molecule has 74 valence electrons. The van der Waals surface area contributed by atoms with Gasteiger partial charge in [-0.25, -0.2) is 4.39 Å². The fourth-order valence-electron chi connectivity index (χ4n) is 0.833. The number of hydrogen-bond acceptors (Lipinski definition) is 2. The fourth-order valence-corrected chi connectivity index (χ4v) is 0.833. The second-order valence-electron chi connectivity index (χ2n) is 2.30. The molecule has 0 saturated carbocycles. The summed E-state index contributed by atoms with van der Waals surface area (Å²) in [7, 11) is 1.42. The minimum absolute atomic E-state index is 0.233. The molecule has 1 aromatic carbocycles. The maximum atomic E-state index is 13.1. The van der Waals surface area contributed by atoms with Crippen LogP contribution in [-0.4, -0.2) is 7.11 Å². The van der Waals surface area contributed by atoms with Crippen molar-refractivity contribution in [3.8, 4) is 5.75 Å². The Labute approximate surface area is 78.5 Å². The SMILES string of the molecule is CC.COc1ccc(N)c(C)c1F. The van der Waals surface area contributed by atoms with Crippen molar-refractivity contribution in [1.82, 2.24) is 0 Å². The third kappa shape index (κ3) is 2.61. The summed E-state index contributed by atoms with van der Waals surface area (Å²) in [5, 5.41) is 0. The van der Waals surface area contributed by atoms with Gasteiger partial charge < -0.3 is 10.5 Å². The van der Waals surface area contributed by atoms with Gasteiger partial charge in [0.15, 0.2) is 11.6 Å². The summed E-state index contributed by atoms with van der Waals surface area (Å²) >= 11 is 0. The molecular weight excluding hydrogens is 169 g/mol. The second-order valence-corrected chi connectivity index (χ2v) is 2.30. The van der Waals surface area contributed by atoms with Crippen molar-refractivity contribution < 1.29 is 9.13 Å². The van der Waals surface area contributed by atoms with Crippen LogP contribution in [0.3, 0.4) is 0 Å². The van der Waals surface area contributed by atoms with Gasteiger partial charge in [-0.2, -0.15) is 0 Å². The highest BCUT2D eigenvalue weighted by Crippen LogP contribution is 2.23. The van der Waals surface area contributed by atoms with Gasteiger partial charge in [0.2, 0.25) is 0 Å². The van der Waals surface area contributed by atoms with Crippen LogP contribution in [0.15, 0.2) is 12.1 Å². The molecule has 0 aromatic heterocycles. The normalized spacial score (nSPS) is 8.69. The number of methoxy groups -OCH3 is 1. The minimum Gasteiger partial charge on any atom is -0.494 e. The molecule has 0 aliphatic heterocycles. The third-order valence-electron chi connectivity index (χ3n) is 1.61. The zero-order chi connectivity index (χ0) is 10.4. The summed E-state index contributed by atoms with van der Waals surface area (Å²) in [6.07, 6.45) is 0. The lowest BCUT2D eigenvalue weighted by Crippen LogP contribution is -1.95. The van der Waals surface area contributed by atoms with E-state index in [2.05, 4.69) is 0 Å². The second kappa shape index (κ2) is 5.41. The summed E-state index contributed by atoms with van der Waals surface area (Å²) in [6.45, 7) is 5.62. The first kappa shape index (κ1) is 11.8. The van der Waals surface area contributed by atoms with E-state index in [1.165, 1.54) is 13.2 Å². The fraction of sp³-hybridized carbons (Fsp3) is 0.400. The molecule has 2 nitrogen and oxygen atoms in total. The Morgan fingerprint density at radius 2 is 1.85 bits per heavy atom. The number of ether oxygens (including phenoxy) is 1. The molecule has 0 aliphatic rings. The molecule has 0 amide bonds. The minimum atomic E-state index is -0.382. The largest absolute Gasteiger partial charge is 0.494 e. The molecule has 2 N–H and O–H groups in total. The van der Waals surface area contributed by atoms with E-state index in [9.17, 15) is 4.39 Å². The molecule has 0 saturated heterocycles. The molecule has 13 heavy (non-hydrogen) atoms. The topological polar surface area (TPSA) is 35.2 Å². The van der Waals surface area contributed by atoms with Crippen LogP contribution < -0.4 is 10.5 Å². The van der Waals surface area contributed by atoms with E-state index in [0.717, 1.165) is 0 Å². The van der Waals surface area contributed by atoms with Gasteiger partial charge in [0.25, 0.3) is 0 Å². The number of anilines is 1. The molecule has 0 atom stereocenters. The van der Waals surface area contributed by atoms with Crippen LogP contribution in [0.4, 0.5) is 10.1 Å². The number of rotatable bonds is 1. The molecule has 1 rings (SSSR count). The lowest BCUT2D eigenvalue weighted by atomic mass is 10.2. The maximum Gasteiger partial charge on any atom is 0.169 e. The smallest absolute Gasteiger partial charge is 0.169 e. The van der Waals surface area contributed by atoms with Crippen molar-refractivity contribution in [2.75, 3.05) is 12.8 Å². The first-order valence-electron chi connectivity index (χ1n) is 4.25. The van der Waals surface area contributed by atoms with Crippen LogP contribution in [0.2, 0.25) is 0 Å². The number of nitrogen functional groups attached to an aromatic ring is 1. The Balaban J connectivity index is 0.000000671. The Morgan fingerprint density at radius 1 is 1.31 bits per heavy atom. The van der Waals surface area contributed by atoms with Crippen molar-refractivity contribution >= 4 is 5.69 Å². The van der Waals surface area contributed by atoms with E-state index < -0.39 is 0 Å². The Kier molecular flexibility index (Phi) is 4.89. The summed E-state index contributed by atoms with van der Waals surface area (Å²) in [4.78, 5) is 0. The molecular formula is C10H16FNO. The zero-order valence-corrected chi connectivity index (χ0v) is 8.52. The standard InChI is InChI=1S/C8H10FNO.C2H6/c1-5-6(10)3-4-7(11-2)8(5)9;1-2/h3-4H,10H2,1-2H3;1-2H3. The van der Waals surface area contributed by atoms with Crippen LogP contribution in [0.25, 0.3) is 0 Å². The lowest BCUT2D eigenvalue weighted by molar-refractivity contribution is 0.385. The van der Waals surface area contributed by atoms with Gasteiger partial charge in [0, 0.05) is 11.3 Å². The van der Waals surface area contributed by atoms with E-state index >= 15 is 0 Å². The van der Waals surface area contributed by atoms with Crippen LogP contribution in [0.5, 0.6) is 5.75 Å². The van der Waals surface area contributed by atoms with E-state index in [0.29, 0.717) is 11.3 Å². The quantitative estimate of drug-likeness (QED) is 0.683. The van der Waals surface area contributed by atoms with Crippen molar-refractivity contribution in [2.24, 2.45) is 0 Å². The van der Waals surface area contributed by atoms with Gasteiger partial charge in [-0.3, -0.25) is 0 Å². The Bertz CT molecular complexity index is 274. The molecule has 1 aromatic rings. The van der Waals surface area contributed by atoms with E-state index in [1.807, 2.05) is 13.8 Å². The number of benzene rings is 1. The lowest BCUT2D eigenvalue weighted by Gasteiger charge is -2.05. The van der Waals surface area contributed by atoms with E-state index in [4.69, 9.17) is 10.5 Å². The number of halogens is 1. The van der Waals surface area contributed by atoms with Gasteiger partial charge in [0.05, 0.1) is 7.11 Å². The molecule has 0 bridgehead atoms. The van der Waals surface area contributed by atoms with Gasteiger partial charge in [-0.05, 0) is 19.1 Å². The molecule has 0 unspecified atom stereocenters. The van der Waals surface area contributed by atoms with E-state index in [-0.39, 0.29) is 11.6 Å². The maximum absolute atomic E-state index is 13.1. The van der Waals surface area contributed by atoms with Crippen molar-refractivity contribution in [2.45, 2.75) is 20.8 Å². The molecule has 0 aliphatic carbocycles. The molecule has 0 spiro atoms. The van der Waals surface area contributed by atoms with Crippen LogP contribution in [0, 0.1) is 12.7 Å². The van der Waals surface area contributed by atoms with E-state index in [1.54, 1.807) is 13.0 Å². The molecule has 0 radical (unpaired) electrons. The number of nitrogens with two attached hydrogens (primary N) is 1. The zero-order valence-electron chi connectivity index (χ0n) is 8.52. The highest BCUT2D eigenvalue weighted by molar-refractivity contribution is 5.50. The van der Waals surface area contributed by atoms with Crippen molar-refractivity contribution in [3.63, 3.8) is 0 Å². The molecule has 0 heterocycles. The summed E-state index contributed by atoms with van der Waals surface area (Å²) < 4.78 is 17.8. The Morgan fingerprint density at radius 3 is 2.31 bits per heavy atom. The monoisotopic (exact) mass is 185 g/mol. The highest BCUT2D eigenvalue weighted by atomic mass is 19.1. The Hall–Kier alpha value is -1.25. The van der Waals surface area contributed by atoms with Crippen molar-refractivity contribution in [1.29, 1.82) is 0 Å². The third-order valence-corrected chi connectivity index (χ3v) is 1.61. The number of hydrogen-bond donors (Lipinski definition) is 1. The summed E-state index contributed by atoms with van der Waals surface area (Å²) in [6, 6.07) is 3.13. The predicted octanol–water partition coefficient (Wildman–Crippen LogP) is 2.75. The molecule has 3 heteroatoms. The highest BCUT2D eigenvalue weighted by Gasteiger charge is 2.06. The first-order valence-corrected chi connectivity index (χ1v) is 4.25. The van der Waals surface area contributed by atoms with Crippen LogP contribution >= 0.6 is 0 Å². The van der Waals surface area contributed by atoms with Crippen LogP contribution in [0.1, 0.15) is 19.4 Å². The van der Waals surface area contributed by atoms with Gasteiger partial charge in [-0.15, -0.1) is 0 Å². The predicted molar refractivity (Wildman–Crippen MR) is 53.4 cm³/mol. The van der Waals surface area contributed by atoms with Crippen molar-refractivity contribution in [3.05, 3.63) is 23.5 Å². The summed E-state index contributed by atoms with van der Waals surface area (Å²) in [5.74, 6) is -0.149. The van der Waals surface area contributed by atoms with Gasteiger partial charge in [0.1, 0.15) is 0 Å². The van der Waals surface area contributed by atoms with Crippen LogP contribution in [-0.2, 0) is 0 Å². The van der Waals surface area contributed by atoms with Gasteiger partial charge >= 0.3 is 0 Å². The molecule has 0 fully saturated rings. The van der Waals surface area contributed by atoms with Gasteiger partial charge in [-0.1, -0.05) is 13.8 Å². The average Bonchev–Trinajstić information content (AvgIpc) is 2.18. The first-order chi connectivity index (χ1) is 6.16. The summed E-state index contributed by atoms with van der Waals surface area (Å²) in [5.41, 5.74) is 6.33.